The van der Waals surface area contributed by atoms with Crippen LogP contribution in [-0.4, -0.2) is 38.5 Å². The number of carbonyl (C=O) groups is 1. The predicted molar refractivity (Wildman–Crippen MR) is 82.8 cm³/mol. The van der Waals surface area contributed by atoms with Crippen molar-refractivity contribution in [2.75, 3.05) is 6.54 Å². The summed E-state index contributed by atoms with van der Waals surface area (Å²) in [7, 11) is 0. The van der Waals surface area contributed by atoms with E-state index in [-0.39, 0.29) is 6.04 Å². The van der Waals surface area contributed by atoms with Crippen LogP contribution >= 0.6 is 15.9 Å². The maximum atomic E-state index is 11.2. The maximum Gasteiger partial charge on any atom is 0.320 e. The van der Waals surface area contributed by atoms with Gasteiger partial charge >= 0.3 is 5.97 Å². The summed E-state index contributed by atoms with van der Waals surface area (Å²) in [6.07, 6.45) is 3.44. The largest absolute Gasteiger partial charge is 0.480 e. The van der Waals surface area contributed by atoms with Crippen LogP contribution in [-0.2, 0) is 11.3 Å². The SMILES string of the molecule is O=C(O)[C@H]1CCCN1Cc1ncc(-c2cccc(Br)c2)[nH]1. The van der Waals surface area contributed by atoms with E-state index in [0.717, 1.165) is 34.5 Å². The van der Waals surface area contributed by atoms with E-state index in [1.807, 2.05) is 29.2 Å². The molecule has 0 radical (unpaired) electrons. The third-order valence-electron chi connectivity index (χ3n) is 3.77. The van der Waals surface area contributed by atoms with Crippen LogP contribution in [0.3, 0.4) is 0 Å². The molecular weight excluding hydrogens is 334 g/mol. The Labute approximate surface area is 131 Å². The van der Waals surface area contributed by atoms with Gasteiger partial charge in [0.1, 0.15) is 11.9 Å². The molecule has 1 saturated heterocycles. The summed E-state index contributed by atoms with van der Waals surface area (Å²) in [6.45, 7) is 1.36. The van der Waals surface area contributed by atoms with Gasteiger partial charge in [-0.3, -0.25) is 9.69 Å². The van der Waals surface area contributed by atoms with Crippen molar-refractivity contribution < 1.29 is 9.90 Å². The fourth-order valence-electron chi connectivity index (χ4n) is 2.73. The standard InChI is InChI=1S/C15H16BrN3O2/c16-11-4-1-3-10(7-11)12-8-17-14(18-12)9-19-6-2-5-13(19)15(20)21/h1,3-4,7-8,13H,2,5-6,9H2,(H,17,18)(H,20,21)/t13-/m1/s1. The molecule has 3 rings (SSSR count). The second-order valence-corrected chi connectivity index (χ2v) is 6.14. The summed E-state index contributed by atoms with van der Waals surface area (Å²) in [5.74, 6) is 0.0596. The van der Waals surface area contributed by atoms with E-state index >= 15 is 0 Å². The van der Waals surface area contributed by atoms with E-state index in [1.54, 1.807) is 6.20 Å². The molecule has 1 atom stereocenters. The van der Waals surface area contributed by atoms with Crippen LogP contribution in [0.2, 0.25) is 0 Å². The Hall–Kier alpha value is -1.66. The number of likely N-dealkylation sites (tertiary alicyclic amines) is 1. The number of nitrogens with zero attached hydrogens (tertiary/aromatic N) is 2. The van der Waals surface area contributed by atoms with Crippen LogP contribution in [0.5, 0.6) is 0 Å². The fraction of sp³-hybridized carbons (Fsp3) is 0.333. The number of aromatic nitrogens is 2. The van der Waals surface area contributed by atoms with Crippen LogP contribution in [0.25, 0.3) is 11.3 Å². The Kier molecular flexibility index (Phi) is 4.07. The van der Waals surface area contributed by atoms with Crippen LogP contribution in [0.1, 0.15) is 18.7 Å². The van der Waals surface area contributed by atoms with Crippen molar-refractivity contribution in [3.05, 3.63) is 40.8 Å². The number of halogens is 1. The summed E-state index contributed by atoms with van der Waals surface area (Å²) in [5, 5.41) is 9.20. The summed E-state index contributed by atoms with van der Waals surface area (Å²) < 4.78 is 1.02. The summed E-state index contributed by atoms with van der Waals surface area (Å²) in [6, 6.07) is 7.60. The number of benzene rings is 1. The molecule has 2 N–H and O–H groups in total. The second-order valence-electron chi connectivity index (χ2n) is 5.22. The van der Waals surface area contributed by atoms with Gasteiger partial charge in [0, 0.05) is 10.0 Å². The molecule has 1 fully saturated rings. The van der Waals surface area contributed by atoms with Gasteiger partial charge in [0.05, 0.1) is 18.4 Å². The molecule has 110 valence electrons. The fourth-order valence-corrected chi connectivity index (χ4v) is 3.13. The first kappa shape index (κ1) is 14.3. The maximum absolute atomic E-state index is 11.2. The Balaban J connectivity index is 1.75. The molecule has 1 aromatic heterocycles. The first-order valence-corrected chi connectivity index (χ1v) is 7.69. The average molecular weight is 350 g/mol. The predicted octanol–water partition coefficient (Wildman–Crippen LogP) is 2.89. The summed E-state index contributed by atoms with van der Waals surface area (Å²) in [5.41, 5.74) is 2.00. The van der Waals surface area contributed by atoms with Gasteiger partial charge < -0.3 is 10.1 Å². The Morgan fingerprint density at radius 1 is 1.52 bits per heavy atom. The van der Waals surface area contributed by atoms with Crippen molar-refractivity contribution in [2.24, 2.45) is 0 Å². The number of H-pyrrole nitrogens is 1. The minimum absolute atomic E-state index is 0.385. The number of aliphatic carboxylic acids is 1. The number of imidazole rings is 1. The summed E-state index contributed by atoms with van der Waals surface area (Å²) in [4.78, 5) is 20.8. The average Bonchev–Trinajstić information content (AvgIpc) is 3.08. The molecule has 0 aliphatic carbocycles. The number of carboxylic acid groups (broad SMARTS) is 1. The first-order valence-electron chi connectivity index (χ1n) is 6.90. The lowest BCUT2D eigenvalue weighted by Gasteiger charge is -2.19. The highest BCUT2D eigenvalue weighted by atomic mass is 79.9. The molecule has 0 unspecified atom stereocenters. The highest BCUT2D eigenvalue weighted by Crippen LogP contribution is 2.23. The molecular formula is C15H16BrN3O2. The molecule has 0 bridgehead atoms. The van der Waals surface area contributed by atoms with E-state index in [0.29, 0.717) is 13.0 Å². The van der Waals surface area contributed by atoms with Gasteiger partial charge in [0.15, 0.2) is 0 Å². The molecule has 1 aromatic carbocycles. The summed E-state index contributed by atoms with van der Waals surface area (Å²) >= 11 is 3.45. The van der Waals surface area contributed by atoms with E-state index in [1.165, 1.54) is 0 Å². The lowest BCUT2D eigenvalue weighted by molar-refractivity contribution is -0.142. The molecule has 2 aromatic rings. The highest BCUT2D eigenvalue weighted by molar-refractivity contribution is 9.10. The van der Waals surface area contributed by atoms with Gasteiger partial charge in [-0.1, -0.05) is 28.1 Å². The van der Waals surface area contributed by atoms with Crippen LogP contribution in [0.15, 0.2) is 34.9 Å². The van der Waals surface area contributed by atoms with Crippen molar-refractivity contribution in [1.82, 2.24) is 14.9 Å². The number of hydrogen-bond donors (Lipinski definition) is 2. The minimum Gasteiger partial charge on any atom is -0.480 e. The van der Waals surface area contributed by atoms with Gasteiger partial charge in [0.2, 0.25) is 0 Å². The van der Waals surface area contributed by atoms with Crippen LogP contribution in [0.4, 0.5) is 0 Å². The zero-order valence-electron chi connectivity index (χ0n) is 11.4. The molecule has 5 nitrogen and oxygen atoms in total. The Bertz CT molecular complexity index is 656. The Morgan fingerprint density at radius 2 is 2.38 bits per heavy atom. The molecule has 2 heterocycles. The monoisotopic (exact) mass is 349 g/mol. The normalized spacial score (nSPS) is 19.0. The zero-order chi connectivity index (χ0) is 14.8. The third-order valence-corrected chi connectivity index (χ3v) is 4.26. The smallest absolute Gasteiger partial charge is 0.320 e. The minimum atomic E-state index is -0.744. The quantitative estimate of drug-likeness (QED) is 0.890. The molecule has 0 amide bonds. The van der Waals surface area contributed by atoms with Crippen LogP contribution < -0.4 is 0 Å². The third kappa shape index (κ3) is 3.16. The van der Waals surface area contributed by atoms with Crippen molar-refractivity contribution in [2.45, 2.75) is 25.4 Å². The van der Waals surface area contributed by atoms with E-state index < -0.39 is 5.97 Å². The number of hydrogen-bond acceptors (Lipinski definition) is 3. The van der Waals surface area contributed by atoms with Crippen molar-refractivity contribution >= 4 is 21.9 Å². The number of nitrogens with one attached hydrogen (secondary N) is 1. The van der Waals surface area contributed by atoms with Crippen molar-refractivity contribution in [1.29, 1.82) is 0 Å². The van der Waals surface area contributed by atoms with Crippen molar-refractivity contribution in [3.8, 4) is 11.3 Å². The van der Waals surface area contributed by atoms with Gasteiger partial charge in [-0.15, -0.1) is 0 Å². The molecule has 6 heteroatoms. The zero-order valence-corrected chi connectivity index (χ0v) is 13.0. The second kappa shape index (κ2) is 5.99. The van der Waals surface area contributed by atoms with Crippen LogP contribution in [0, 0.1) is 0 Å². The molecule has 0 saturated carbocycles. The first-order chi connectivity index (χ1) is 10.1. The molecule has 21 heavy (non-hydrogen) atoms. The lowest BCUT2D eigenvalue weighted by Crippen LogP contribution is -2.35. The number of carboxylic acids is 1. The highest BCUT2D eigenvalue weighted by Gasteiger charge is 2.30. The van der Waals surface area contributed by atoms with Crippen molar-refractivity contribution in [3.63, 3.8) is 0 Å². The molecule has 1 aliphatic rings. The molecule has 0 spiro atoms. The van der Waals surface area contributed by atoms with Gasteiger partial charge in [-0.05, 0) is 31.5 Å². The van der Waals surface area contributed by atoms with E-state index in [4.69, 9.17) is 0 Å². The number of rotatable bonds is 4. The van der Waals surface area contributed by atoms with E-state index in [9.17, 15) is 9.90 Å². The van der Waals surface area contributed by atoms with Gasteiger partial charge in [0.25, 0.3) is 0 Å². The number of aromatic amines is 1. The lowest BCUT2D eigenvalue weighted by atomic mass is 10.2. The van der Waals surface area contributed by atoms with Gasteiger partial charge in [-0.25, -0.2) is 4.98 Å². The Morgan fingerprint density at radius 3 is 3.14 bits per heavy atom. The van der Waals surface area contributed by atoms with Gasteiger partial charge in [-0.2, -0.15) is 0 Å². The van der Waals surface area contributed by atoms with E-state index in [2.05, 4.69) is 25.9 Å². The topological polar surface area (TPSA) is 69.2 Å². The molecule has 1 aliphatic heterocycles.